The van der Waals surface area contributed by atoms with Crippen LogP contribution >= 0.6 is 15.9 Å². The molecule has 35 heavy (non-hydrogen) atoms. The van der Waals surface area contributed by atoms with Gasteiger partial charge in [-0.25, -0.2) is 0 Å². The molecule has 3 rings (SSSR count). The Bertz CT molecular complexity index is 1150. The van der Waals surface area contributed by atoms with Crippen LogP contribution in [0, 0.1) is 13.8 Å². The maximum atomic E-state index is 13.9. The van der Waals surface area contributed by atoms with Crippen molar-refractivity contribution in [1.29, 1.82) is 0 Å². The minimum atomic E-state index is -0.622. The molecule has 2 amide bonds. The molecular weight excluding hydrogens is 500 g/mol. The Balaban J connectivity index is 2.00. The third kappa shape index (κ3) is 7.79. The van der Waals surface area contributed by atoms with Crippen molar-refractivity contribution in [1.82, 2.24) is 10.2 Å². The Kier molecular flexibility index (Phi) is 9.67. The molecule has 0 saturated heterocycles. The van der Waals surface area contributed by atoms with Gasteiger partial charge < -0.3 is 10.2 Å². The Morgan fingerprint density at radius 2 is 1.66 bits per heavy atom. The van der Waals surface area contributed by atoms with E-state index in [2.05, 4.69) is 33.4 Å². The lowest BCUT2D eigenvalue weighted by molar-refractivity contribution is -0.141. The fourth-order valence-corrected chi connectivity index (χ4v) is 4.53. The molecule has 184 valence electrons. The largest absolute Gasteiger partial charge is 0.352 e. The summed E-state index contributed by atoms with van der Waals surface area (Å²) in [6.07, 6.45) is 1.53. The second kappa shape index (κ2) is 12.7. The van der Waals surface area contributed by atoms with Crippen molar-refractivity contribution in [2.75, 3.05) is 0 Å². The molecule has 0 saturated carbocycles. The number of nitrogens with zero attached hydrogens (tertiary/aromatic N) is 1. The first-order chi connectivity index (χ1) is 16.8. The summed E-state index contributed by atoms with van der Waals surface area (Å²) in [6, 6.07) is 23.4. The minimum absolute atomic E-state index is 0.0302. The van der Waals surface area contributed by atoms with Gasteiger partial charge in [0.2, 0.25) is 11.8 Å². The highest BCUT2D eigenvalue weighted by Gasteiger charge is 2.31. The van der Waals surface area contributed by atoms with Gasteiger partial charge in [0, 0.05) is 23.5 Å². The third-order valence-electron chi connectivity index (χ3n) is 6.36. The number of nitrogens with one attached hydrogen (secondary N) is 1. The molecule has 0 aromatic heterocycles. The van der Waals surface area contributed by atoms with Crippen molar-refractivity contribution < 1.29 is 9.59 Å². The Morgan fingerprint density at radius 1 is 0.943 bits per heavy atom. The Morgan fingerprint density at radius 3 is 2.34 bits per heavy atom. The van der Waals surface area contributed by atoms with Crippen LogP contribution in [-0.2, 0) is 29.0 Å². The van der Waals surface area contributed by atoms with Crippen molar-refractivity contribution in [3.63, 3.8) is 0 Å². The first kappa shape index (κ1) is 26.7. The van der Waals surface area contributed by atoms with E-state index < -0.39 is 6.04 Å². The zero-order valence-corrected chi connectivity index (χ0v) is 22.6. The maximum Gasteiger partial charge on any atom is 0.243 e. The lowest BCUT2D eigenvalue weighted by Gasteiger charge is -2.32. The van der Waals surface area contributed by atoms with Crippen molar-refractivity contribution in [3.8, 4) is 0 Å². The summed E-state index contributed by atoms with van der Waals surface area (Å²) in [5, 5.41) is 3.12. The first-order valence-corrected chi connectivity index (χ1v) is 13.0. The van der Waals surface area contributed by atoms with E-state index >= 15 is 0 Å². The van der Waals surface area contributed by atoms with E-state index in [1.165, 1.54) is 0 Å². The average molecular weight is 536 g/mol. The summed E-state index contributed by atoms with van der Waals surface area (Å²) in [6.45, 7) is 8.45. The number of rotatable bonds is 10. The number of hydrogen-bond acceptors (Lipinski definition) is 2. The number of carbonyl (C=O) groups is 2. The van der Waals surface area contributed by atoms with Crippen LogP contribution in [0.1, 0.15) is 48.1 Å². The predicted molar refractivity (Wildman–Crippen MR) is 146 cm³/mol. The first-order valence-electron chi connectivity index (χ1n) is 12.2. The quantitative estimate of drug-likeness (QED) is 0.338. The predicted octanol–water partition coefficient (Wildman–Crippen LogP) is 6.16. The average Bonchev–Trinajstić information content (AvgIpc) is 2.84. The molecular formula is C30H35BrN2O2. The molecule has 0 radical (unpaired) electrons. The van der Waals surface area contributed by atoms with Crippen LogP contribution in [-0.4, -0.2) is 28.8 Å². The fourth-order valence-electron chi connectivity index (χ4n) is 4.08. The molecule has 0 aliphatic carbocycles. The van der Waals surface area contributed by atoms with Crippen LogP contribution in [0.25, 0.3) is 0 Å². The van der Waals surface area contributed by atoms with Gasteiger partial charge in [0.05, 0.1) is 6.42 Å². The lowest BCUT2D eigenvalue weighted by Crippen LogP contribution is -2.52. The smallest absolute Gasteiger partial charge is 0.243 e. The van der Waals surface area contributed by atoms with Crippen LogP contribution in [0.5, 0.6) is 0 Å². The van der Waals surface area contributed by atoms with Crippen LogP contribution in [0.3, 0.4) is 0 Å². The second-order valence-electron chi connectivity index (χ2n) is 9.28. The fraction of sp³-hybridized carbons (Fsp3) is 0.333. The van der Waals surface area contributed by atoms with Gasteiger partial charge in [0.15, 0.2) is 0 Å². The summed E-state index contributed by atoms with van der Waals surface area (Å²) < 4.78 is 0.945. The lowest BCUT2D eigenvalue weighted by atomic mass is 9.99. The van der Waals surface area contributed by atoms with Gasteiger partial charge in [0.25, 0.3) is 0 Å². The summed E-state index contributed by atoms with van der Waals surface area (Å²) in [5.74, 6) is -0.175. The molecule has 5 heteroatoms. The highest BCUT2D eigenvalue weighted by atomic mass is 79.9. The molecule has 0 aliphatic heterocycles. The van der Waals surface area contributed by atoms with Crippen molar-refractivity contribution in [2.45, 2.75) is 65.6 Å². The highest BCUT2D eigenvalue weighted by Crippen LogP contribution is 2.20. The van der Waals surface area contributed by atoms with E-state index in [0.29, 0.717) is 13.0 Å². The van der Waals surface area contributed by atoms with Gasteiger partial charge in [-0.15, -0.1) is 0 Å². The molecule has 0 heterocycles. The standard InChI is InChI=1S/C30H35BrN2O2/c1-5-23(4)32-30(35)28(18-24-10-7-6-8-11-24)33(20-25-12-9-13-27(31)17-25)29(34)19-26-16-21(2)14-15-22(26)3/h6-17,23,28H,5,18-20H2,1-4H3,(H,32,35)/t23-,28-/m0/s1. The second-order valence-corrected chi connectivity index (χ2v) is 10.2. The molecule has 3 aromatic carbocycles. The Hall–Kier alpha value is -2.92. The topological polar surface area (TPSA) is 49.4 Å². The molecule has 0 unspecified atom stereocenters. The molecule has 0 fully saturated rings. The molecule has 4 nitrogen and oxygen atoms in total. The number of benzene rings is 3. The summed E-state index contributed by atoms with van der Waals surface area (Å²) in [7, 11) is 0. The molecule has 0 spiro atoms. The molecule has 3 aromatic rings. The SMILES string of the molecule is CC[C@H](C)NC(=O)[C@H](Cc1ccccc1)N(Cc1cccc(Br)c1)C(=O)Cc1cc(C)ccc1C. The van der Waals surface area contributed by atoms with E-state index in [4.69, 9.17) is 0 Å². The van der Waals surface area contributed by atoms with Crippen molar-refractivity contribution in [3.05, 3.63) is 105 Å². The van der Waals surface area contributed by atoms with Gasteiger partial charge >= 0.3 is 0 Å². The van der Waals surface area contributed by atoms with E-state index in [9.17, 15) is 9.59 Å². The molecule has 2 atom stereocenters. The summed E-state index contributed by atoms with van der Waals surface area (Å²) in [4.78, 5) is 29.2. The van der Waals surface area contributed by atoms with Gasteiger partial charge in [0.1, 0.15) is 6.04 Å². The van der Waals surface area contributed by atoms with E-state index in [0.717, 1.165) is 38.7 Å². The van der Waals surface area contributed by atoms with Gasteiger partial charge in [-0.2, -0.15) is 0 Å². The third-order valence-corrected chi connectivity index (χ3v) is 6.85. The maximum absolute atomic E-state index is 13.9. The van der Waals surface area contributed by atoms with E-state index in [1.54, 1.807) is 4.90 Å². The summed E-state index contributed by atoms with van der Waals surface area (Å²) in [5.41, 5.74) is 5.19. The summed E-state index contributed by atoms with van der Waals surface area (Å²) >= 11 is 3.54. The monoisotopic (exact) mass is 534 g/mol. The minimum Gasteiger partial charge on any atom is -0.352 e. The number of amides is 2. The van der Waals surface area contributed by atoms with Crippen LogP contribution < -0.4 is 5.32 Å². The molecule has 1 N–H and O–H groups in total. The molecule has 0 aliphatic rings. The number of aryl methyl sites for hydroxylation is 2. The molecule has 0 bridgehead atoms. The normalized spacial score (nSPS) is 12.6. The van der Waals surface area contributed by atoms with Gasteiger partial charge in [-0.05, 0) is 61.6 Å². The van der Waals surface area contributed by atoms with Gasteiger partial charge in [-0.3, -0.25) is 9.59 Å². The van der Waals surface area contributed by atoms with E-state index in [-0.39, 0.29) is 24.3 Å². The van der Waals surface area contributed by atoms with Crippen LogP contribution in [0.2, 0.25) is 0 Å². The van der Waals surface area contributed by atoms with E-state index in [1.807, 2.05) is 88.4 Å². The highest BCUT2D eigenvalue weighted by molar-refractivity contribution is 9.10. The Labute approximate surface area is 217 Å². The van der Waals surface area contributed by atoms with Crippen molar-refractivity contribution in [2.24, 2.45) is 0 Å². The zero-order valence-electron chi connectivity index (χ0n) is 21.1. The number of halogens is 1. The number of carbonyl (C=O) groups excluding carboxylic acids is 2. The van der Waals surface area contributed by atoms with Crippen LogP contribution in [0.4, 0.5) is 0 Å². The zero-order chi connectivity index (χ0) is 25.4. The van der Waals surface area contributed by atoms with Gasteiger partial charge in [-0.1, -0.05) is 89.1 Å². The van der Waals surface area contributed by atoms with Crippen LogP contribution in [0.15, 0.2) is 77.3 Å². The van der Waals surface area contributed by atoms with Crippen molar-refractivity contribution >= 4 is 27.7 Å². The number of hydrogen-bond donors (Lipinski definition) is 1.